The van der Waals surface area contributed by atoms with Crippen molar-refractivity contribution in [1.82, 2.24) is 19.5 Å². The van der Waals surface area contributed by atoms with Gasteiger partial charge in [-0.05, 0) is 24.6 Å². The standard InChI is InChI=1S/C22H28N4O6S/c1-13-23-21-26(24-13)20(27)19(33-21)17(25-7-5-22(6-8-25)31-9-10-32-22)14-11-15(28-2)18(30-4)16(12-14)29-3/h11-12,17,27H,5-10H2,1-4H3/t17-/m1/s1. The van der Waals surface area contributed by atoms with E-state index in [1.54, 1.807) is 28.3 Å². The van der Waals surface area contributed by atoms with Gasteiger partial charge in [0.15, 0.2) is 17.3 Å². The highest BCUT2D eigenvalue weighted by molar-refractivity contribution is 7.17. The molecule has 2 aliphatic rings. The maximum atomic E-state index is 11.1. The summed E-state index contributed by atoms with van der Waals surface area (Å²) in [5.41, 5.74) is 0.908. The monoisotopic (exact) mass is 476 g/mol. The van der Waals surface area contributed by atoms with E-state index < -0.39 is 5.79 Å². The van der Waals surface area contributed by atoms with Gasteiger partial charge in [-0.3, -0.25) is 4.90 Å². The van der Waals surface area contributed by atoms with Crippen LogP contribution < -0.4 is 14.2 Å². The zero-order chi connectivity index (χ0) is 23.2. The van der Waals surface area contributed by atoms with Crippen molar-refractivity contribution in [3.8, 4) is 23.1 Å². The van der Waals surface area contributed by atoms with Crippen LogP contribution >= 0.6 is 11.3 Å². The fraction of sp³-hybridized carbons (Fsp3) is 0.545. The molecule has 0 bridgehead atoms. The molecule has 2 aromatic heterocycles. The number of hydrogen-bond donors (Lipinski definition) is 1. The summed E-state index contributed by atoms with van der Waals surface area (Å²) in [7, 11) is 4.77. The minimum atomic E-state index is -0.499. The van der Waals surface area contributed by atoms with Crippen LogP contribution in [-0.2, 0) is 9.47 Å². The average Bonchev–Trinajstić information content (AvgIpc) is 3.51. The lowest BCUT2D eigenvalue weighted by molar-refractivity contribution is -0.187. The van der Waals surface area contributed by atoms with Crippen LogP contribution in [0.2, 0.25) is 0 Å². The first kappa shape index (κ1) is 22.2. The molecule has 33 heavy (non-hydrogen) atoms. The number of fused-ring (bicyclic) bond motifs is 1. The lowest BCUT2D eigenvalue weighted by atomic mass is 9.97. The fourth-order valence-corrected chi connectivity index (χ4v) is 5.88. The molecule has 5 rings (SSSR count). The molecule has 0 amide bonds. The summed E-state index contributed by atoms with van der Waals surface area (Å²) in [5.74, 6) is 1.84. The Morgan fingerprint density at radius 1 is 1.06 bits per heavy atom. The van der Waals surface area contributed by atoms with E-state index in [9.17, 15) is 5.11 Å². The molecule has 0 radical (unpaired) electrons. The first-order valence-electron chi connectivity index (χ1n) is 10.9. The maximum absolute atomic E-state index is 11.1. The Morgan fingerprint density at radius 3 is 2.24 bits per heavy atom. The Kier molecular flexibility index (Phi) is 5.81. The minimum absolute atomic E-state index is 0.0861. The lowest BCUT2D eigenvalue weighted by Gasteiger charge is -2.41. The fourth-order valence-electron chi connectivity index (χ4n) is 4.72. The molecule has 2 aliphatic heterocycles. The van der Waals surface area contributed by atoms with Gasteiger partial charge in [-0.2, -0.15) is 4.52 Å². The Morgan fingerprint density at radius 2 is 1.70 bits per heavy atom. The van der Waals surface area contributed by atoms with Crippen molar-refractivity contribution in [2.75, 3.05) is 47.6 Å². The van der Waals surface area contributed by atoms with Gasteiger partial charge in [0.2, 0.25) is 16.6 Å². The van der Waals surface area contributed by atoms with E-state index >= 15 is 0 Å². The smallest absolute Gasteiger partial charge is 0.230 e. The molecule has 11 heteroatoms. The second-order valence-corrected chi connectivity index (χ2v) is 9.16. The SMILES string of the molecule is COc1cc([C@H](c2sc3nc(C)nn3c2O)N2CCC3(CC2)OCCO3)cc(OC)c1OC. The number of ether oxygens (including phenoxy) is 5. The van der Waals surface area contributed by atoms with Gasteiger partial charge in [-0.1, -0.05) is 11.3 Å². The summed E-state index contributed by atoms with van der Waals surface area (Å²) >= 11 is 1.42. The van der Waals surface area contributed by atoms with Gasteiger partial charge in [0.25, 0.3) is 0 Å². The largest absolute Gasteiger partial charge is 0.493 e. The Labute approximate surface area is 195 Å². The van der Waals surface area contributed by atoms with Crippen molar-refractivity contribution >= 4 is 16.3 Å². The highest BCUT2D eigenvalue weighted by Crippen LogP contribution is 2.47. The van der Waals surface area contributed by atoms with Crippen molar-refractivity contribution in [1.29, 1.82) is 0 Å². The number of hydrogen-bond acceptors (Lipinski definition) is 10. The number of benzene rings is 1. The molecular formula is C22H28N4O6S. The number of aromatic nitrogens is 3. The molecule has 1 spiro atoms. The third-order valence-corrected chi connectivity index (χ3v) is 7.37. The zero-order valence-corrected chi connectivity index (χ0v) is 20.0. The molecule has 178 valence electrons. The highest BCUT2D eigenvalue weighted by Gasteiger charge is 2.42. The first-order valence-corrected chi connectivity index (χ1v) is 11.7. The molecular weight excluding hydrogens is 448 g/mol. The van der Waals surface area contributed by atoms with Gasteiger partial charge in [0.05, 0.1) is 45.5 Å². The van der Waals surface area contributed by atoms with Crippen LogP contribution in [0.3, 0.4) is 0 Å². The lowest BCUT2D eigenvalue weighted by Crippen LogP contribution is -2.46. The number of nitrogens with zero attached hydrogens (tertiary/aromatic N) is 4. The summed E-state index contributed by atoms with van der Waals surface area (Å²) in [5, 5.41) is 15.5. The zero-order valence-electron chi connectivity index (χ0n) is 19.2. The summed E-state index contributed by atoms with van der Waals surface area (Å²) in [6, 6.07) is 3.59. The van der Waals surface area contributed by atoms with Crippen LogP contribution in [0.5, 0.6) is 23.1 Å². The predicted octanol–water partition coefficient (Wildman–Crippen LogP) is 2.76. The van der Waals surface area contributed by atoms with Crippen molar-refractivity contribution < 1.29 is 28.8 Å². The third kappa shape index (κ3) is 3.78. The van der Waals surface area contributed by atoms with Gasteiger partial charge < -0.3 is 28.8 Å². The second kappa shape index (κ2) is 8.64. The number of piperidine rings is 1. The molecule has 3 aromatic rings. The Balaban J connectivity index is 1.60. The number of thiazole rings is 1. The Hall–Kier alpha value is -2.60. The second-order valence-electron chi connectivity index (χ2n) is 8.15. The van der Waals surface area contributed by atoms with Crippen LogP contribution in [0, 0.1) is 6.92 Å². The van der Waals surface area contributed by atoms with E-state index in [0.29, 0.717) is 41.2 Å². The molecule has 4 heterocycles. The summed E-state index contributed by atoms with van der Waals surface area (Å²) in [6.45, 7) is 4.52. The normalized spacial score (nSPS) is 19.3. The first-order chi connectivity index (χ1) is 16.0. The number of likely N-dealkylation sites (tertiary alicyclic amines) is 1. The Bertz CT molecular complexity index is 1120. The van der Waals surface area contributed by atoms with Crippen molar-refractivity contribution in [3.63, 3.8) is 0 Å². The summed E-state index contributed by atoms with van der Waals surface area (Å²) < 4.78 is 30.1. The number of methoxy groups -OCH3 is 3. The quantitative estimate of drug-likeness (QED) is 0.576. The topological polar surface area (TPSA) is 99.8 Å². The molecule has 10 nitrogen and oxygen atoms in total. The number of rotatable bonds is 6. The highest BCUT2D eigenvalue weighted by atomic mass is 32.1. The van der Waals surface area contributed by atoms with E-state index in [1.165, 1.54) is 15.9 Å². The molecule has 0 unspecified atom stereocenters. The molecule has 2 saturated heterocycles. The van der Waals surface area contributed by atoms with E-state index in [-0.39, 0.29) is 11.9 Å². The third-order valence-electron chi connectivity index (χ3n) is 6.30. The molecule has 0 aliphatic carbocycles. The van der Waals surface area contributed by atoms with Crippen LogP contribution in [-0.4, -0.2) is 78.0 Å². The van der Waals surface area contributed by atoms with Gasteiger partial charge >= 0.3 is 0 Å². The molecule has 2 fully saturated rings. The van der Waals surface area contributed by atoms with Crippen molar-refractivity contribution in [2.45, 2.75) is 31.6 Å². The van der Waals surface area contributed by atoms with Gasteiger partial charge in [0, 0.05) is 25.9 Å². The van der Waals surface area contributed by atoms with E-state index in [4.69, 9.17) is 23.7 Å². The maximum Gasteiger partial charge on any atom is 0.230 e. The molecule has 1 aromatic carbocycles. The minimum Gasteiger partial charge on any atom is -0.493 e. The van der Waals surface area contributed by atoms with E-state index in [0.717, 1.165) is 36.4 Å². The molecule has 1 N–H and O–H groups in total. The van der Waals surface area contributed by atoms with Crippen LogP contribution in [0.1, 0.15) is 35.1 Å². The molecule has 1 atom stereocenters. The number of aryl methyl sites for hydroxylation is 1. The van der Waals surface area contributed by atoms with E-state index in [1.807, 2.05) is 12.1 Å². The summed E-state index contributed by atoms with van der Waals surface area (Å²) in [4.78, 5) is 8.17. The average molecular weight is 477 g/mol. The van der Waals surface area contributed by atoms with Crippen LogP contribution in [0.25, 0.3) is 4.96 Å². The molecule has 0 saturated carbocycles. The van der Waals surface area contributed by atoms with E-state index in [2.05, 4.69) is 15.0 Å². The van der Waals surface area contributed by atoms with Gasteiger partial charge in [0.1, 0.15) is 5.82 Å². The van der Waals surface area contributed by atoms with Crippen LogP contribution in [0.4, 0.5) is 0 Å². The predicted molar refractivity (Wildman–Crippen MR) is 121 cm³/mol. The summed E-state index contributed by atoms with van der Waals surface area (Å²) in [6.07, 6.45) is 1.49. The van der Waals surface area contributed by atoms with Crippen LogP contribution in [0.15, 0.2) is 12.1 Å². The van der Waals surface area contributed by atoms with Gasteiger partial charge in [-0.15, -0.1) is 5.10 Å². The van der Waals surface area contributed by atoms with Gasteiger partial charge in [-0.25, -0.2) is 4.98 Å². The number of aromatic hydroxyl groups is 1. The van der Waals surface area contributed by atoms with Crippen molar-refractivity contribution in [3.05, 3.63) is 28.4 Å². The van der Waals surface area contributed by atoms with Crippen molar-refractivity contribution in [2.24, 2.45) is 0 Å².